The van der Waals surface area contributed by atoms with E-state index >= 15 is 0 Å². The van der Waals surface area contributed by atoms with Gasteiger partial charge in [0.25, 0.3) is 5.91 Å². The number of aryl methyl sites for hydroxylation is 1. The van der Waals surface area contributed by atoms with Crippen molar-refractivity contribution in [3.8, 4) is 0 Å². The molecule has 1 aliphatic heterocycles. The van der Waals surface area contributed by atoms with Crippen molar-refractivity contribution in [1.29, 1.82) is 0 Å². The van der Waals surface area contributed by atoms with Crippen molar-refractivity contribution in [3.05, 3.63) is 65.0 Å². The van der Waals surface area contributed by atoms with Crippen molar-refractivity contribution in [3.63, 3.8) is 0 Å². The number of hydrogen-bond donors (Lipinski definition) is 2. The van der Waals surface area contributed by atoms with Crippen LogP contribution in [0.3, 0.4) is 0 Å². The molecule has 1 aliphatic rings. The van der Waals surface area contributed by atoms with E-state index in [9.17, 15) is 14.0 Å². The summed E-state index contributed by atoms with van der Waals surface area (Å²) < 4.78 is 19.0. The fourth-order valence-electron chi connectivity index (χ4n) is 3.00. The van der Waals surface area contributed by atoms with Crippen LogP contribution in [0.5, 0.6) is 0 Å². The van der Waals surface area contributed by atoms with Gasteiger partial charge in [0, 0.05) is 24.3 Å². The van der Waals surface area contributed by atoms with Crippen LogP contribution in [0.15, 0.2) is 42.5 Å². The summed E-state index contributed by atoms with van der Waals surface area (Å²) >= 11 is 0. The molecule has 8 heteroatoms. The van der Waals surface area contributed by atoms with Crippen molar-refractivity contribution in [1.82, 2.24) is 10.4 Å². The molecule has 2 N–H and O–H groups in total. The summed E-state index contributed by atoms with van der Waals surface area (Å²) in [5, 5.41) is 8.72. The minimum atomic E-state index is -0.609. The first-order chi connectivity index (χ1) is 13.5. The smallest absolute Gasteiger partial charge is 0.324 e. The van der Waals surface area contributed by atoms with Crippen LogP contribution in [-0.4, -0.2) is 48.3 Å². The number of urea groups is 1. The molecule has 0 unspecified atom stereocenters. The number of anilines is 1. The van der Waals surface area contributed by atoms with E-state index in [0.29, 0.717) is 43.1 Å². The molecular formula is C20H22FN3O4. The van der Waals surface area contributed by atoms with Gasteiger partial charge in [-0.25, -0.2) is 14.7 Å². The molecule has 1 fully saturated rings. The highest BCUT2D eigenvalue weighted by atomic mass is 19.1. The third kappa shape index (κ3) is 4.47. The van der Waals surface area contributed by atoms with Gasteiger partial charge in [0.05, 0.1) is 19.8 Å². The Balaban J connectivity index is 1.87. The van der Waals surface area contributed by atoms with Crippen molar-refractivity contribution in [2.45, 2.75) is 13.5 Å². The Bertz CT molecular complexity index is 851. The number of halogens is 1. The zero-order valence-electron chi connectivity index (χ0n) is 15.5. The quantitative estimate of drug-likeness (QED) is 0.624. The van der Waals surface area contributed by atoms with Gasteiger partial charge in [0.1, 0.15) is 5.82 Å². The lowest BCUT2D eigenvalue weighted by Gasteiger charge is -2.33. The molecule has 0 bridgehead atoms. The van der Waals surface area contributed by atoms with Crippen molar-refractivity contribution < 1.29 is 23.9 Å². The van der Waals surface area contributed by atoms with E-state index in [1.165, 1.54) is 6.07 Å². The number of carbonyl (C=O) groups excluding carboxylic acids is 2. The number of benzene rings is 2. The fourth-order valence-corrected chi connectivity index (χ4v) is 3.00. The van der Waals surface area contributed by atoms with Crippen LogP contribution >= 0.6 is 0 Å². The van der Waals surface area contributed by atoms with Gasteiger partial charge in [0.2, 0.25) is 0 Å². The zero-order chi connectivity index (χ0) is 20.1. The second-order valence-corrected chi connectivity index (χ2v) is 6.54. The Hall–Kier alpha value is -2.97. The molecule has 1 heterocycles. The van der Waals surface area contributed by atoms with Crippen LogP contribution in [-0.2, 0) is 11.3 Å². The lowest BCUT2D eigenvalue weighted by molar-refractivity contribution is 0.0548. The fraction of sp³-hybridized carbons (Fsp3) is 0.300. The molecule has 7 nitrogen and oxygen atoms in total. The highest BCUT2D eigenvalue weighted by Crippen LogP contribution is 2.23. The molecule has 2 aromatic carbocycles. The zero-order valence-corrected chi connectivity index (χ0v) is 15.5. The van der Waals surface area contributed by atoms with Crippen LogP contribution in [0.25, 0.3) is 0 Å². The maximum atomic E-state index is 13.7. The van der Waals surface area contributed by atoms with Crippen LogP contribution in [0.2, 0.25) is 0 Å². The molecule has 0 radical (unpaired) electrons. The summed E-state index contributed by atoms with van der Waals surface area (Å²) in [6.07, 6.45) is 0. The van der Waals surface area contributed by atoms with E-state index in [-0.39, 0.29) is 18.4 Å². The molecule has 3 amide bonds. The van der Waals surface area contributed by atoms with E-state index in [1.807, 2.05) is 0 Å². The third-order valence-electron chi connectivity index (χ3n) is 4.62. The summed E-state index contributed by atoms with van der Waals surface area (Å²) in [7, 11) is 0. The van der Waals surface area contributed by atoms with Crippen LogP contribution < -0.4 is 10.4 Å². The molecule has 0 spiro atoms. The lowest BCUT2D eigenvalue weighted by atomic mass is 10.1. The molecular weight excluding hydrogens is 365 g/mol. The van der Waals surface area contributed by atoms with Crippen LogP contribution in [0.4, 0.5) is 14.9 Å². The molecule has 3 rings (SSSR count). The van der Waals surface area contributed by atoms with Gasteiger partial charge in [-0.2, -0.15) is 0 Å². The van der Waals surface area contributed by atoms with Gasteiger partial charge in [-0.3, -0.25) is 14.9 Å². The number of ether oxygens (including phenoxy) is 1. The summed E-state index contributed by atoms with van der Waals surface area (Å²) in [4.78, 5) is 27.9. The van der Waals surface area contributed by atoms with Gasteiger partial charge < -0.3 is 9.64 Å². The molecule has 0 saturated carbocycles. The number of rotatable bonds is 4. The number of morpholine rings is 1. The number of hydroxylamine groups is 1. The molecule has 0 aromatic heterocycles. The number of nitrogens with one attached hydrogen (secondary N) is 1. The second-order valence-electron chi connectivity index (χ2n) is 6.54. The van der Waals surface area contributed by atoms with E-state index in [4.69, 9.17) is 9.94 Å². The average Bonchev–Trinajstić information content (AvgIpc) is 2.74. The Morgan fingerprint density at radius 2 is 1.86 bits per heavy atom. The topological polar surface area (TPSA) is 82.1 Å². The van der Waals surface area contributed by atoms with Crippen molar-refractivity contribution >= 4 is 17.6 Å². The van der Waals surface area contributed by atoms with Gasteiger partial charge >= 0.3 is 6.03 Å². The number of nitrogens with zero attached hydrogens (tertiary/aromatic N) is 2. The number of amides is 3. The molecule has 148 valence electrons. The first-order valence-corrected chi connectivity index (χ1v) is 8.93. The molecule has 0 atom stereocenters. The SMILES string of the molecule is Cc1cc(N(Cc2ccc(C(=O)NO)cc2)C(=O)N2CCOCC2)ccc1F. The normalized spacial score (nSPS) is 13.9. The largest absolute Gasteiger partial charge is 0.378 e. The number of hydrogen-bond acceptors (Lipinski definition) is 4. The van der Waals surface area contributed by atoms with Crippen molar-refractivity contribution in [2.24, 2.45) is 0 Å². The summed E-state index contributed by atoms with van der Waals surface area (Å²) in [6.45, 7) is 3.84. The lowest BCUT2D eigenvalue weighted by Crippen LogP contribution is -2.48. The molecule has 1 saturated heterocycles. The first kappa shape index (κ1) is 19.8. The maximum absolute atomic E-state index is 13.7. The summed E-state index contributed by atoms with van der Waals surface area (Å²) in [5.41, 5.74) is 3.71. The molecule has 2 aromatic rings. The Morgan fingerprint density at radius 1 is 1.18 bits per heavy atom. The van der Waals surface area contributed by atoms with E-state index < -0.39 is 5.91 Å². The van der Waals surface area contributed by atoms with Gasteiger partial charge in [0.15, 0.2) is 0 Å². The van der Waals surface area contributed by atoms with Gasteiger partial charge in [-0.1, -0.05) is 12.1 Å². The summed E-state index contributed by atoms with van der Waals surface area (Å²) in [5.74, 6) is -0.941. The average molecular weight is 387 g/mol. The minimum absolute atomic E-state index is 0.188. The second kappa shape index (κ2) is 8.81. The minimum Gasteiger partial charge on any atom is -0.378 e. The first-order valence-electron chi connectivity index (χ1n) is 8.93. The van der Waals surface area contributed by atoms with E-state index in [2.05, 4.69) is 0 Å². The monoisotopic (exact) mass is 387 g/mol. The van der Waals surface area contributed by atoms with Gasteiger partial charge in [-0.15, -0.1) is 0 Å². The highest BCUT2D eigenvalue weighted by molar-refractivity contribution is 5.94. The predicted molar refractivity (Wildman–Crippen MR) is 101 cm³/mol. The van der Waals surface area contributed by atoms with E-state index in [0.717, 1.165) is 5.56 Å². The highest BCUT2D eigenvalue weighted by Gasteiger charge is 2.25. The molecule has 0 aliphatic carbocycles. The van der Waals surface area contributed by atoms with Crippen molar-refractivity contribution in [2.75, 3.05) is 31.2 Å². The van der Waals surface area contributed by atoms with Crippen LogP contribution in [0.1, 0.15) is 21.5 Å². The van der Waals surface area contributed by atoms with E-state index in [1.54, 1.807) is 58.6 Å². The third-order valence-corrected chi connectivity index (χ3v) is 4.62. The summed E-state index contributed by atoms with van der Waals surface area (Å²) in [6, 6.07) is 10.9. The molecule has 28 heavy (non-hydrogen) atoms. The number of carbonyl (C=O) groups is 2. The predicted octanol–water partition coefficient (Wildman–Crippen LogP) is 2.71. The maximum Gasteiger partial charge on any atom is 0.324 e. The Labute approximate surface area is 162 Å². The standard InChI is InChI=1S/C20H22FN3O4/c1-14-12-17(6-7-18(14)21)24(20(26)23-8-10-28-11-9-23)13-15-2-4-16(5-3-15)19(25)22-27/h2-7,12,27H,8-11,13H2,1H3,(H,22,25). The van der Waals surface area contributed by atoms with Gasteiger partial charge in [-0.05, 0) is 48.4 Å². The Kier molecular flexibility index (Phi) is 6.23. The van der Waals surface area contributed by atoms with Crippen LogP contribution in [0, 0.1) is 12.7 Å². The Morgan fingerprint density at radius 3 is 2.46 bits per heavy atom.